The molecule has 0 atom stereocenters. The van der Waals surface area contributed by atoms with Crippen molar-refractivity contribution in [1.82, 2.24) is 0 Å². The average molecular weight is 430 g/mol. The lowest BCUT2D eigenvalue weighted by Crippen LogP contribution is -2.09. The zero-order valence-electron chi connectivity index (χ0n) is 18.0. The fraction of sp³-hybridized carbons (Fsp3) is 0.154. The molecule has 0 saturated heterocycles. The van der Waals surface area contributed by atoms with E-state index in [4.69, 9.17) is 18.9 Å². The molecule has 32 heavy (non-hydrogen) atoms. The molecule has 1 aliphatic heterocycles. The van der Waals surface area contributed by atoms with Gasteiger partial charge in [0.05, 0.1) is 24.8 Å². The molecule has 1 aliphatic rings. The van der Waals surface area contributed by atoms with Gasteiger partial charge in [0.2, 0.25) is 5.78 Å². The lowest BCUT2D eigenvalue weighted by atomic mass is 10.0. The van der Waals surface area contributed by atoms with Crippen LogP contribution in [0.2, 0.25) is 0 Å². The highest BCUT2D eigenvalue weighted by atomic mass is 16.5. The highest BCUT2D eigenvalue weighted by Crippen LogP contribution is 2.37. The van der Waals surface area contributed by atoms with E-state index in [-0.39, 0.29) is 11.5 Å². The smallest absolute Gasteiger partial charge is 0.343 e. The Hall–Kier alpha value is -4.06. The van der Waals surface area contributed by atoms with Gasteiger partial charge in [0, 0.05) is 6.07 Å². The van der Waals surface area contributed by atoms with Crippen molar-refractivity contribution in [3.63, 3.8) is 0 Å². The third-order valence-corrected chi connectivity index (χ3v) is 4.95. The number of benzene rings is 3. The number of esters is 1. The molecule has 1 heterocycles. The van der Waals surface area contributed by atoms with Crippen LogP contribution in [0.15, 0.2) is 66.4 Å². The molecule has 0 radical (unpaired) electrons. The predicted octanol–water partition coefficient (Wildman–Crippen LogP) is 5.24. The van der Waals surface area contributed by atoms with Gasteiger partial charge in [-0.2, -0.15) is 0 Å². The molecule has 3 aromatic carbocycles. The number of fused-ring (bicyclic) bond motifs is 1. The Morgan fingerprint density at radius 1 is 1.00 bits per heavy atom. The van der Waals surface area contributed by atoms with Crippen molar-refractivity contribution >= 4 is 17.8 Å². The standard InChI is InChI=1S/C26H22O6/c1-4-30-19-10-8-17(9-11-19)13-23-25(27)24-16(2)12-21(15-22(24)32-23)31-26(28)18-6-5-7-20(14-18)29-3/h5-15H,4H2,1-3H3/b23-13-. The van der Waals surface area contributed by atoms with Gasteiger partial charge in [-0.3, -0.25) is 4.79 Å². The minimum Gasteiger partial charge on any atom is -0.497 e. The molecule has 0 saturated carbocycles. The lowest BCUT2D eigenvalue weighted by molar-refractivity contribution is 0.0734. The maximum atomic E-state index is 12.9. The van der Waals surface area contributed by atoms with Crippen molar-refractivity contribution in [3.8, 4) is 23.0 Å². The van der Waals surface area contributed by atoms with Gasteiger partial charge in [0.25, 0.3) is 0 Å². The third kappa shape index (κ3) is 4.34. The fourth-order valence-corrected chi connectivity index (χ4v) is 3.43. The second-order valence-corrected chi connectivity index (χ2v) is 7.18. The zero-order valence-corrected chi connectivity index (χ0v) is 18.0. The summed E-state index contributed by atoms with van der Waals surface area (Å²) >= 11 is 0. The quantitative estimate of drug-likeness (QED) is 0.303. The minimum absolute atomic E-state index is 0.211. The summed E-state index contributed by atoms with van der Waals surface area (Å²) in [6, 6.07) is 17.3. The van der Waals surface area contributed by atoms with Gasteiger partial charge >= 0.3 is 5.97 Å². The van der Waals surface area contributed by atoms with Gasteiger partial charge in [0.15, 0.2) is 5.76 Å². The van der Waals surface area contributed by atoms with Crippen LogP contribution in [0.1, 0.15) is 38.8 Å². The van der Waals surface area contributed by atoms with E-state index >= 15 is 0 Å². The summed E-state index contributed by atoms with van der Waals surface area (Å²) in [5, 5.41) is 0. The maximum Gasteiger partial charge on any atom is 0.343 e. The Morgan fingerprint density at radius 3 is 2.50 bits per heavy atom. The normalized spacial score (nSPS) is 13.5. The molecule has 6 nitrogen and oxygen atoms in total. The van der Waals surface area contributed by atoms with Crippen LogP contribution < -0.4 is 18.9 Å². The molecule has 0 aliphatic carbocycles. The van der Waals surface area contributed by atoms with Crippen LogP contribution in [0.4, 0.5) is 0 Å². The predicted molar refractivity (Wildman–Crippen MR) is 120 cm³/mol. The molecule has 162 valence electrons. The molecule has 0 aromatic heterocycles. The van der Waals surface area contributed by atoms with E-state index in [2.05, 4.69) is 0 Å². The SMILES string of the molecule is CCOc1ccc(/C=C2\Oc3cc(OC(=O)c4cccc(OC)c4)cc(C)c3C2=O)cc1. The second-order valence-electron chi connectivity index (χ2n) is 7.18. The number of methoxy groups -OCH3 is 1. The minimum atomic E-state index is -0.530. The summed E-state index contributed by atoms with van der Waals surface area (Å²) in [5.41, 5.74) is 2.29. The molecular weight excluding hydrogens is 408 g/mol. The van der Waals surface area contributed by atoms with Crippen LogP contribution in [0, 0.1) is 6.92 Å². The van der Waals surface area contributed by atoms with E-state index in [0.29, 0.717) is 40.5 Å². The first-order chi connectivity index (χ1) is 15.5. The molecule has 0 amide bonds. The monoisotopic (exact) mass is 430 g/mol. The fourth-order valence-electron chi connectivity index (χ4n) is 3.43. The Labute approximate surface area is 186 Å². The van der Waals surface area contributed by atoms with Crippen LogP contribution in [-0.2, 0) is 0 Å². The number of carbonyl (C=O) groups is 2. The summed E-state index contributed by atoms with van der Waals surface area (Å²) in [4.78, 5) is 25.4. The van der Waals surface area contributed by atoms with Crippen LogP contribution in [-0.4, -0.2) is 25.5 Å². The zero-order chi connectivity index (χ0) is 22.7. The molecule has 0 N–H and O–H groups in total. The number of carbonyl (C=O) groups excluding carboxylic acids is 2. The van der Waals surface area contributed by atoms with Gasteiger partial charge in [-0.25, -0.2) is 4.79 Å². The number of hydrogen-bond donors (Lipinski definition) is 0. The Kier molecular flexibility index (Phi) is 5.94. The Morgan fingerprint density at radius 2 is 1.78 bits per heavy atom. The molecule has 4 rings (SSSR count). The highest BCUT2D eigenvalue weighted by Gasteiger charge is 2.30. The molecule has 6 heteroatoms. The van der Waals surface area contributed by atoms with Gasteiger partial charge in [-0.05, 0) is 67.4 Å². The number of Topliss-reactive ketones (excluding diaryl/α,β-unsaturated/α-hetero) is 1. The average Bonchev–Trinajstić information content (AvgIpc) is 3.10. The number of allylic oxidation sites excluding steroid dienone is 1. The highest BCUT2D eigenvalue weighted by molar-refractivity contribution is 6.15. The van der Waals surface area contributed by atoms with Crippen molar-refractivity contribution in [3.05, 3.63) is 88.7 Å². The van der Waals surface area contributed by atoms with Crippen molar-refractivity contribution in [2.75, 3.05) is 13.7 Å². The molecule has 0 unspecified atom stereocenters. The van der Waals surface area contributed by atoms with Crippen molar-refractivity contribution in [1.29, 1.82) is 0 Å². The number of ketones is 1. The Balaban J connectivity index is 1.55. The van der Waals surface area contributed by atoms with E-state index < -0.39 is 5.97 Å². The van der Waals surface area contributed by atoms with Crippen molar-refractivity contribution in [2.45, 2.75) is 13.8 Å². The maximum absolute atomic E-state index is 12.9. The molecular formula is C26H22O6. The van der Waals surface area contributed by atoms with Crippen LogP contribution in [0.3, 0.4) is 0 Å². The van der Waals surface area contributed by atoms with Gasteiger partial charge in [-0.1, -0.05) is 18.2 Å². The van der Waals surface area contributed by atoms with E-state index in [1.807, 2.05) is 31.2 Å². The third-order valence-electron chi connectivity index (χ3n) is 4.95. The van der Waals surface area contributed by atoms with Crippen LogP contribution in [0.5, 0.6) is 23.0 Å². The number of hydrogen-bond acceptors (Lipinski definition) is 6. The summed E-state index contributed by atoms with van der Waals surface area (Å²) in [6.45, 7) is 4.28. The molecule has 3 aromatic rings. The summed E-state index contributed by atoms with van der Waals surface area (Å²) in [7, 11) is 1.53. The number of ether oxygens (including phenoxy) is 4. The van der Waals surface area contributed by atoms with Gasteiger partial charge in [-0.15, -0.1) is 0 Å². The summed E-state index contributed by atoms with van der Waals surface area (Å²) in [5.74, 6) is 1.45. The van der Waals surface area contributed by atoms with E-state index in [1.165, 1.54) is 7.11 Å². The largest absolute Gasteiger partial charge is 0.497 e. The first-order valence-corrected chi connectivity index (χ1v) is 10.2. The second kappa shape index (κ2) is 8.98. The van der Waals surface area contributed by atoms with Crippen molar-refractivity contribution in [2.24, 2.45) is 0 Å². The number of aryl methyl sites for hydroxylation is 1. The molecule has 0 spiro atoms. The van der Waals surface area contributed by atoms with E-state index in [0.717, 1.165) is 11.3 Å². The first kappa shape index (κ1) is 21.2. The Bertz CT molecular complexity index is 1210. The number of rotatable bonds is 6. The molecule has 0 bridgehead atoms. The van der Waals surface area contributed by atoms with Gasteiger partial charge < -0.3 is 18.9 Å². The van der Waals surface area contributed by atoms with Crippen LogP contribution >= 0.6 is 0 Å². The lowest BCUT2D eigenvalue weighted by Gasteiger charge is -2.08. The first-order valence-electron chi connectivity index (χ1n) is 10.2. The van der Waals surface area contributed by atoms with E-state index in [1.54, 1.807) is 49.4 Å². The van der Waals surface area contributed by atoms with Gasteiger partial charge in [0.1, 0.15) is 23.0 Å². The molecule has 0 fully saturated rings. The summed E-state index contributed by atoms with van der Waals surface area (Å²) in [6.07, 6.45) is 1.68. The van der Waals surface area contributed by atoms with Crippen molar-refractivity contribution < 1.29 is 28.5 Å². The van der Waals surface area contributed by atoms with Crippen LogP contribution in [0.25, 0.3) is 6.08 Å². The van der Waals surface area contributed by atoms with E-state index in [9.17, 15) is 9.59 Å². The summed E-state index contributed by atoms with van der Waals surface area (Å²) < 4.78 is 21.9. The topological polar surface area (TPSA) is 71.1 Å².